The molecule has 1 aromatic rings. The molecule has 1 aliphatic heterocycles. The Bertz CT molecular complexity index is 528. The molecule has 1 aromatic carbocycles. The molecule has 2 amide bonds. The van der Waals surface area contributed by atoms with E-state index in [-0.39, 0.29) is 12.0 Å². The highest BCUT2D eigenvalue weighted by atomic mass is 35.5. The van der Waals surface area contributed by atoms with Crippen molar-refractivity contribution in [3.05, 3.63) is 34.9 Å². The molecule has 1 saturated heterocycles. The quantitative estimate of drug-likeness (QED) is 0.800. The molecule has 0 N–H and O–H groups in total. The molecule has 0 aliphatic carbocycles. The Labute approximate surface area is 135 Å². The predicted octanol–water partition coefficient (Wildman–Crippen LogP) is 3.03. The van der Waals surface area contributed by atoms with E-state index >= 15 is 0 Å². The average molecular weight is 325 g/mol. The number of benzene rings is 1. The Morgan fingerprint density at radius 2 is 1.77 bits per heavy atom. The molecule has 0 saturated carbocycles. The SMILES string of the molecule is CCCCOC(=O)N1CCN(C(=O)c2ccccc2Cl)CC1. The molecule has 0 radical (unpaired) electrons. The standard InChI is InChI=1S/C16H21ClN2O3/c1-2-3-12-22-16(21)19-10-8-18(9-11-19)15(20)13-6-4-5-7-14(13)17/h4-7H,2-3,8-12H2,1H3. The van der Waals surface area contributed by atoms with Gasteiger partial charge in [-0.05, 0) is 18.6 Å². The lowest BCUT2D eigenvalue weighted by Crippen LogP contribution is -2.50. The fourth-order valence-electron chi connectivity index (χ4n) is 2.29. The smallest absolute Gasteiger partial charge is 0.409 e. The summed E-state index contributed by atoms with van der Waals surface area (Å²) in [7, 11) is 0. The first-order valence-corrected chi connectivity index (χ1v) is 7.96. The van der Waals surface area contributed by atoms with Crippen LogP contribution >= 0.6 is 11.6 Å². The third-order valence-corrected chi connectivity index (χ3v) is 3.98. The first-order chi connectivity index (χ1) is 10.6. The van der Waals surface area contributed by atoms with E-state index < -0.39 is 0 Å². The highest BCUT2D eigenvalue weighted by Crippen LogP contribution is 2.18. The molecular formula is C16H21ClN2O3. The lowest BCUT2D eigenvalue weighted by atomic mass is 10.2. The lowest BCUT2D eigenvalue weighted by Gasteiger charge is -2.34. The molecule has 22 heavy (non-hydrogen) atoms. The first-order valence-electron chi connectivity index (χ1n) is 7.59. The second-order valence-electron chi connectivity index (χ2n) is 5.23. The van der Waals surface area contributed by atoms with Crippen LogP contribution < -0.4 is 0 Å². The molecular weight excluding hydrogens is 304 g/mol. The van der Waals surface area contributed by atoms with Gasteiger partial charge < -0.3 is 14.5 Å². The predicted molar refractivity (Wildman–Crippen MR) is 85.2 cm³/mol. The second kappa shape index (κ2) is 8.03. The zero-order valence-corrected chi connectivity index (χ0v) is 13.5. The largest absolute Gasteiger partial charge is 0.449 e. The van der Waals surface area contributed by atoms with E-state index in [0.29, 0.717) is 43.4 Å². The summed E-state index contributed by atoms with van der Waals surface area (Å²) in [6.07, 6.45) is 1.57. The van der Waals surface area contributed by atoms with Crippen molar-refractivity contribution in [2.75, 3.05) is 32.8 Å². The van der Waals surface area contributed by atoms with E-state index in [4.69, 9.17) is 16.3 Å². The van der Waals surface area contributed by atoms with E-state index in [1.54, 1.807) is 34.1 Å². The highest BCUT2D eigenvalue weighted by Gasteiger charge is 2.26. The Morgan fingerprint density at radius 1 is 1.14 bits per heavy atom. The maximum atomic E-state index is 12.4. The van der Waals surface area contributed by atoms with E-state index in [1.165, 1.54) is 0 Å². The van der Waals surface area contributed by atoms with Gasteiger partial charge in [0.05, 0.1) is 17.2 Å². The van der Waals surface area contributed by atoms with Crippen LogP contribution in [0.1, 0.15) is 30.1 Å². The highest BCUT2D eigenvalue weighted by molar-refractivity contribution is 6.33. The van der Waals surface area contributed by atoms with E-state index in [2.05, 4.69) is 0 Å². The Kier molecular flexibility index (Phi) is 6.07. The Balaban J connectivity index is 1.85. The van der Waals surface area contributed by atoms with Crippen LogP contribution in [-0.4, -0.2) is 54.6 Å². The van der Waals surface area contributed by atoms with Gasteiger partial charge in [-0.3, -0.25) is 4.79 Å². The van der Waals surface area contributed by atoms with Crippen LogP contribution in [0.5, 0.6) is 0 Å². The van der Waals surface area contributed by atoms with Gasteiger partial charge in [0.15, 0.2) is 0 Å². The normalized spacial score (nSPS) is 14.8. The zero-order valence-electron chi connectivity index (χ0n) is 12.8. The van der Waals surface area contributed by atoms with Crippen molar-refractivity contribution < 1.29 is 14.3 Å². The number of carbonyl (C=O) groups excluding carboxylic acids is 2. The molecule has 0 bridgehead atoms. The number of nitrogens with zero attached hydrogens (tertiary/aromatic N) is 2. The number of unbranched alkanes of at least 4 members (excludes halogenated alkanes) is 1. The number of carbonyl (C=O) groups is 2. The van der Waals surface area contributed by atoms with Gasteiger partial charge in [0.1, 0.15) is 0 Å². The third kappa shape index (κ3) is 4.13. The van der Waals surface area contributed by atoms with Gasteiger partial charge in [0, 0.05) is 26.2 Å². The minimum atomic E-state index is -0.293. The fourth-order valence-corrected chi connectivity index (χ4v) is 2.51. The van der Waals surface area contributed by atoms with Crippen molar-refractivity contribution in [1.82, 2.24) is 9.80 Å². The summed E-state index contributed by atoms with van der Waals surface area (Å²) in [5.41, 5.74) is 0.503. The van der Waals surface area contributed by atoms with Crippen molar-refractivity contribution in [2.24, 2.45) is 0 Å². The summed E-state index contributed by atoms with van der Waals surface area (Å²) in [5, 5.41) is 0.453. The molecule has 0 spiro atoms. The fraction of sp³-hybridized carbons (Fsp3) is 0.500. The van der Waals surface area contributed by atoms with Crippen LogP contribution in [0.4, 0.5) is 4.79 Å². The van der Waals surface area contributed by atoms with E-state index in [9.17, 15) is 9.59 Å². The Morgan fingerprint density at radius 3 is 2.41 bits per heavy atom. The number of hydrogen-bond donors (Lipinski definition) is 0. The van der Waals surface area contributed by atoms with Crippen molar-refractivity contribution in [2.45, 2.75) is 19.8 Å². The third-order valence-electron chi connectivity index (χ3n) is 3.65. The van der Waals surface area contributed by atoms with Crippen molar-refractivity contribution >= 4 is 23.6 Å². The van der Waals surface area contributed by atoms with Crippen LogP contribution in [0.2, 0.25) is 5.02 Å². The molecule has 0 aromatic heterocycles. The van der Waals surface area contributed by atoms with Gasteiger partial charge in [-0.2, -0.15) is 0 Å². The molecule has 0 atom stereocenters. The second-order valence-corrected chi connectivity index (χ2v) is 5.63. The Hall–Kier alpha value is -1.75. The van der Waals surface area contributed by atoms with Crippen molar-refractivity contribution in [3.8, 4) is 0 Å². The monoisotopic (exact) mass is 324 g/mol. The summed E-state index contributed by atoms with van der Waals surface area (Å²) in [6.45, 7) is 4.46. The minimum absolute atomic E-state index is 0.0930. The molecule has 1 fully saturated rings. The van der Waals surface area contributed by atoms with Crippen LogP contribution in [-0.2, 0) is 4.74 Å². The molecule has 1 aliphatic rings. The summed E-state index contributed by atoms with van der Waals surface area (Å²) >= 11 is 6.06. The van der Waals surface area contributed by atoms with Crippen molar-refractivity contribution in [3.63, 3.8) is 0 Å². The minimum Gasteiger partial charge on any atom is -0.449 e. The summed E-state index contributed by atoms with van der Waals surface area (Å²) in [6, 6.07) is 7.01. The molecule has 1 heterocycles. The maximum absolute atomic E-state index is 12.4. The van der Waals surface area contributed by atoms with Gasteiger partial charge in [0.25, 0.3) is 5.91 Å². The van der Waals surface area contributed by atoms with Crippen LogP contribution in [0.25, 0.3) is 0 Å². The number of piperazine rings is 1. The molecule has 2 rings (SSSR count). The number of ether oxygens (including phenoxy) is 1. The van der Waals surface area contributed by atoms with Gasteiger partial charge in [-0.15, -0.1) is 0 Å². The van der Waals surface area contributed by atoms with Crippen LogP contribution in [0, 0.1) is 0 Å². The van der Waals surface area contributed by atoms with Crippen LogP contribution in [0.3, 0.4) is 0 Å². The molecule has 5 nitrogen and oxygen atoms in total. The number of amides is 2. The maximum Gasteiger partial charge on any atom is 0.409 e. The molecule has 0 unspecified atom stereocenters. The summed E-state index contributed by atoms with van der Waals surface area (Å²) in [5.74, 6) is -0.0930. The lowest BCUT2D eigenvalue weighted by molar-refractivity contribution is 0.0558. The van der Waals surface area contributed by atoms with Gasteiger partial charge >= 0.3 is 6.09 Å². The zero-order chi connectivity index (χ0) is 15.9. The topological polar surface area (TPSA) is 49.9 Å². The molecule has 120 valence electrons. The number of rotatable bonds is 4. The van der Waals surface area contributed by atoms with E-state index in [0.717, 1.165) is 12.8 Å². The molecule has 6 heteroatoms. The van der Waals surface area contributed by atoms with Crippen molar-refractivity contribution in [1.29, 1.82) is 0 Å². The van der Waals surface area contributed by atoms with Gasteiger partial charge in [-0.1, -0.05) is 37.1 Å². The van der Waals surface area contributed by atoms with Gasteiger partial charge in [0.2, 0.25) is 0 Å². The first kappa shape index (κ1) is 16.6. The van der Waals surface area contributed by atoms with Gasteiger partial charge in [-0.25, -0.2) is 4.79 Å². The summed E-state index contributed by atoms with van der Waals surface area (Å²) < 4.78 is 5.18. The number of hydrogen-bond acceptors (Lipinski definition) is 3. The van der Waals surface area contributed by atoms with E-state index in [1.807, 2.05) is 6.92 Å². The summed E-state index contributed by atoms with van der Waals surface area (Å²) in [4.78, 5) is 27.6. The number of halogens is 1. The average Bonchev–Trinajstić information content (AvgIpc) is 2.55. The van der Waals surface area contributed by atoms with Crippen LogP contribution in [0.15, 0.2) is 24.3 Å².